The van der Waals surface area contributed by atoms with Crippen molar-refractivity contribution in [3.8, 4) is 11.3 Å². The van der Waals surface area contributed by atoms with Crippen LogP contribution < -0.4 is 0 Å². The maximum absolute atomic E-state index is 4.21. The molecule has 0 aliphatic carbocycles. The number of rotatable bonds is 1. The third-order valence-corrected chi connectivity index (χ3v) is 1.67. The van der Waals surface area contributed by atoms with Crippen LogP contribution in [-0.4, -0.2) is 14.8 Å². The zero-order valence-corrected chi connectivity index (χ0v) is 6.81. The molecule has 0 amide bonds. The van der Waals surface area contributed by atoms with Crippen LogP contribution in [-0.2, 0) is 7.05 Å². The highest BCUT2D eigenvalue weighted by atomic mass is 15.2. The van der Waals surface area contributed by atoms with Gasteiger partial charge in [0, 0.05) is 25.0 Å². The Hall–Kier alpha value is -1.64. The van der Waals surface area contributed by atoms with Crippen molar-refractivity contribution < 1.29 is 0 Å². The van der Waals surface area contributed by atoms with Crippen molar-refractivity contribution in [2.75, 3.05) is 0 Å². The Bertz CT molecular complexity index is 364. The molecule has 0 saturated heterocycles. The van der Waals surface area contributed by atoms with E-state index >= 15 is 0 Å². The van der Waals surface area contributed by atoms with Crippen molar-refractivity contribution in [3.05, 3.63) is 36.8 Å². The normalized spacial score (nSPS) is 10.1. The molecule has 2 heterocycles. The van der Waals surface area contributed by atoms with Gasteiger partial charge in [-0.05, 0) is 12.1 Å². The number of hydrogen-bond acceptors (Lipinski definition) is 2. The largest absolute Gasteiger partial charge is 0.275 e. The number of nitrogens with zero attached hydrogens (tertiary/aromatic N) is 3. The Morgan fingerprint density at radius 1 is 1.33 bits per heavy atom. The summed E-state index contributed by atoms with van der Waals surface area (Å²) in [6.07, 6.45) is 5.53. The molecule has 12 heavy (non-hydrogen) atoms. The van der Waals surface area contributed by atoms with Crippen LogP contribution in [0.25, 0.3) is 11.3 Å². The monoisotopic (exact) mass is 159 g/mol. The summed E-state index contributed by atoms with van der Waals surface area (Å²) in [6, 6.07) is 5.84. The molecule has 0 N–H and O–H groups in total. The highest BCUT2D eigenvalue weighted by molar-refractivity contribution is 5.56. The fraction of sp³-hybridized carbons (Fsp3) is 0.111. The SMILES string of the molecule is Cn1cc(-c2ccccn2)cn1. The summed E-state index contributed by atoms with van der Waals surface area (Å²) in [5, 5.41) is 4.07. The van der Waals surface area contributed by atoms with Crippen LogP contribution in [0.1, 0.15) is 0 Å². The van der Waals surface area contributed by atoms with E-state index in [1.54, 1.807) is 10.9 Å². The maximum Gasteiger partial charge on any atom is 0.0733 e. The van der Waals surface area contributed by atoms with E-state index in [2.05, 4.69) is 10.1 Å². The van der Waals surface area contributed by atoms with Gasteiger partial charge in [0.15, 0.2) is 0 Å². The molecular formula is C9H9N3. The van der Waals surface area contributed by atoms with Crippen molar-refractivity contribution in [1.82, 2.24) is 14.8 Å². The lowest BCUT2D eigenvalue weighted by molar-refractivity contribution is 0.768. The maximum atomic E-state index is 4.21. The Morgan fingerprint density at radius 2 is 2.25 bits per heavy atom. The van der Waals surface area contributed by atoms with E-state index in [1.165, 1.54) is 0 Å². The van der Waals surface area contributed by atoms with Crippen LogP contribution in [0.5, 0.6) is 0 Å². The van der Waals surface area contributed by atoms with Gasteiger partial charge in [-0.25, -0.2) is 0 Å². The molecule has 0 aromatic carbocycles. The highest BCUT2D eigenvalue weighted by Crippen LogP contribution is 2.13. The second-order valence-electron chi connectivity index (χ2n) is 2.62. The first-order chi connectivity index (χ1) is 5.86. The zero-order chi connectivity index (χ0) is 8.39. The number of hydrogen-bond donors (Lipinski definition) is 0. The van der Waals surface area contributed by atoms with Crippen molar-refractivity contribution in [2.45, 2.75) is 0 Å². The van der Waals surface area contributed by atoms with Crippen LogP contribution in [0, 0.1) is 0 Å². The van der Waals surface area contributed by atoms with E-state index in [1.807, 2.05) is 37.6 Å². The molecule has 2 rings (SSSR count). The summed E-state index contributed by atoms with van der Waals surface area (Å²) in [5.74, 6) is 0. The predicted octanol–water partition coefficient (Wildman–Crippen LogP) is 1.48. The molecular weight excluding hydrogens is 150 g/mol. The lowest BCUT2D eigenvalue weighted by atomic mass is 10.2. The Labute approximate surface area is 70.7 Å². The van der Waals surface area contributed by atoms with Gasteiger partial charge >= 0.3 is 0 Å². The first kappa shape index (κ1) is 7.03. The van der Waals surface area contributed by atoms with Crippen molar-refractivity contribution in [3.63, 3.8) is 0 Å². The number of aryl methyl sites for hydroxylation is 1. The standard InChI is InChI=1S/C9H9N3/c1-12-7-8(6-11-12)9-4-2-3-5-10-9/h2-7H,1H3. The molecule has 0 radical (unpaired) electrons. The summed E-state index contributed by atoms with van der Waals surface area (Å²) in [7, 11) is 1.90. The van der Waals surface area contributed by atoms with Gasteiger partial charge in [-0.1, -0.05) is 6.07 Å². The van der Waals surface area contributed by atoms with Crippen LogP contribution in [0.3, 0.4) is 0 Å². The third kappa shape index (κ3) is 1.21. The fourth-order valence-electron chi connectivity index (χ4n) is 1.09. The topological polar surface area (TPSA) is 30.7 Å². The van der Waals surface area contributed by atoms with Gasteiger partial charge in [0.1, 0.15) is 0 Å². The van der Waals surface area contributed by atoms with Gasteiger partial charge in [0.2, 0.25) is 0 Å². The summed E-state index contributed by atoms with van der Waals surface area (Å²) >= 11 is 0. The summed E-state index contributed by atoms with van der Waals surface area (Å²) in [4.78, 5) is 4.21. The summed E-state index contributed by atoms with van der Waals surface area (Å²) in [6.45, 7) is 0. The number of aromatic nitrogens is 3. The molecule has 3 heteroatoms. The molecule has 2 aromatic rings. The van der Waals surface area contributed by atoms with E-state index in [4.69, 9.17) is 0 Å². The predicted molar refractivity (Wildman–Crippen MR) is 46.4 cm³/mol. The third-order valence-electron chi connectivity index (χ3n) is 1.67. The quantitative estimate of drug-likeness (QED) is 0.631. The van der Waals surface area contributed by atoms with Crippen LogP contribution >= 0.6 is 0 Å². The molecule has 0 atom stereocenters. The molecule has 60 valence electrons. The van der Waals surface area contributed by atoms with E-state index in [9.17, 15) is 0 Å². The van der Waals surface area contributed by atoms with E-state index in [0.29, 0.717) is 0 Å². The molecule has 0 spiro atoms. The van der Waals surface area contributed by atoms with Gasteiger partial charge in [-0.3, -0.25) is 9.67 Å². The van der Waals surface area contributed by atoms with Crippen LogP contribution in [0.4, 0.5) is 0 Å². The Kier molecular flexibility index (Phi) is 1.63. The second-order valence-corrected chi connectivity index (χ2v) is 2.62. The van der Waals surface area contributed by atoms with E-state index in [0.717, 1.165) is 11.3 Å². The highest BCUT2D eigenvalue weighted by Gasteiger charge is 1.98. The molecule has 0 aliphatic rings. The van der Waals surface area contributed by atoms with Crippen molar-refractivity contribution in [2.24, 2.45) is 7.05 Å². The van der Waals surface area contributed by atoms with Crippen molar-refractivity contribution in [1.29, 1.82) is 0 Å². The average Bonchev–Trinajstić information content (AvgIpc) is 2.54. The van der Waals surface area contributed by atoms with E-state index in [-0.39, 0.29) is 0 Å². The first-order valence-electron chi connectivity index (χ1n) is 3.76. The van der Waals surface area contributed by atoms with Gasteiger partial charge in [-0.15, -0.1) is 0 Å². The van der Waals surface area contributed by atoms with Crippen LogP contribution in [0.15, 0.2) is 36.8 Å². The lowest BCUT2D eigenvalue weighted by Gasteiger charge is -1.92. The van der Waals surface area contributed by atoms with Gasteiger partial charge in [-0.2, -0.15) is 5.10 Å². The Morgan fingerprint density at radius 3 is 2.83 bits per heavy atom. The summed E-state index contributed by atoms with van der Waals surface area (Å²) < 4.78 is 1.77. The molecule has 0 bridgehead atoms. The minimum absolute atomic E-state index is 0.964. The molecule has 0 aliphatic heterocycles. The fourth-order valence-corrected chi connectivity index (χ4v) is 1.09. The molecule has 2 aromatic heterocycles. The second kappa shape index (κ2) is 2.77. The average molecular weight is 159 g/mol. The summed E-state index contributed by atoms with van der Waals surface area (Å²) in [5.41, 5.74) is 2.02. The van der Waals surface area contributed by atoms with E-state index < -0.39 is 0 Å². The molecule has 3 nitrogen and oxygen atoms in total. The molecule has 0 saturated carbocycles. The van der Waals surface area contributed by atoms with Crippen LogP contribution in [0.2, 0.25) is 0 Å². The Balaban J connectivity index is 2.45. The minimum Gasteiger partial charge on any atom is -0.275 e. The lowest BCUT2D eigenvalue weighted by Crippen LogP contribution is -1.84. The van der Waals surface area contributed by atoms with Gasteiger partial charge < -0.3 is 0 Å². The molecule has 0 fully saturated rings. The number of pyridine rings is 1. The molecule has 0 unspecified atom stereocenters. The smallest absolute Gasteiger partial charge is 0.0733 e. The first-order valence-corrected chi connectivity index (χ1v) is 3.76. The zero-order valence-electron chi connectivity index (χ0n) is 6.81. The van der Waals surface area contributed by atoms with Gasteiger partial charge in [0.25, 0.3) is 0 Å². The van der Waals surface area contributed by atoms with Crippen molar-refractivity contribution >= 4 is 0 Å². The van der Waals surface area contributed by atoms with Gasteiger partial charge in [0.05, 0.1) is 11.9 Å². The minimum atomic E-state index is 0.964.